The number of oxazole rings is 1. The Bertz CT molecular complexity index is 1240. The predicted octanol–water partition coefficient (Wildman–Crippen LogP) is 6.72. The van der Waals surface area contributed by atoms with Crippen LogP contribution in [0.4, 0.5) is 5.69 Å². The summed E-state index contributed by atoms with van der Waals surface area (Å²) < 4.78 is 11.0. The van der Waals surface area contributed by atoms with Gasteiger partial charge in [0.15, 0.2) is 5.58 Å². The molecule has 1 aromatic heterocycles. The molecule has 3 aromatic carbocycles. The third-order valence-corrected chi connectivity index (χ3v) is 5.04. The zero-order chi connectivity index (χ0) is 20.5. The maximum Gasteiger partial charge on any atom is 0.259 e. The van der Waals surface area contributed by atoms with Crippen LogP contribution in [0.2, 0.25) is 15.1 Å². The van der Waals surface area contributed by atoms with Gasteiger partial charge in [-0.1, -0.05) is 46.9 Å². The zero-order valence-corrected chi connectivity index (χ0v) is 17.3. The van der Waals surface area contributed by atoms with Gasteiger partial charge in [-0.05, 0) is 42.5 Å². The summed E-state index contributed by atoms with van der Waals surface area (Å²) in [5.74, 6) is 0.231. The van der Waals surface area contributed by atoms with Gasteiger partial charge in [0.05, 0.1) is 28.3 Å². The van der Waals surface area contributed by atoms with Crippen molar-refractivity contribution in [2.24, 2.45) is 0 Å². The molecule has 0 radical (unpaired) electrons. The second kappa shape index (κ2) is 7.95. The quantitative estimate of drug-likeness (QED) is 0.377. The molecule has 146 valence electrons. The fourth-order valence-electron chi connectivity index (χ4n) is 2.89. The lowest BCUT2D eigenvalue weighted by atomic mass is 10.1. The number of fused-ring (bicyclic) bond motifs is 1. The van der Waals surface area contributed by atoms with Crippen molar-refractivity contribution >= 4 is 57.5 Å². The molecule has 1 amide bonds. The lowest BCUT2D eigenvalue weighted by Gasteiger charge is -2.11. The fraction of sp³-hybridized carbons (Fsp3) is 0.0476. The number of anilines is 1. The number of ether oxygens (including phenoxy) is 1. The highest BCUT2D eigenvalue weighted by Gasteiger charge is 2.18. The molecule has 4 aromatic rings. The van der Waals surface area contributed by atoms with Crippen LogP contribution in [0.5, 0.6) is 5.75 Å². The maximum atomic E-state index is 12.7. The third-order valence-electron chi connectivity index (χ3n) is 4.21. The number of rotatable bonds is 4. The van der Waals surface area contributed by atoms with Gasteiger partial charge in [-0.2, -0.15) is 0 Å². The Labute approximate surface area is 181 Å². The van der Waals surface area contributed by atoms with E-state index in [-0.39, 0.29) is 16.3 Å². The first-order chi connectivity index (χ1) is 14.0. The first-order valence-electron chi connectivity index (χ1n) is 8.46. The van der Waals surface area contributed by atoms with Crippen LogP contribution >= 0.6 is 34.8 Å². The maximum absolute atomic E-state index is 12.7. The lowest BCUT2D eigenvalue weighted by molar-refractivity contribution is 0.102. The van der Waals surface area contributed by atoms with Crippen LogP contribution in [0.25, 0.3) is 22.6 Å². The van der Waals surface area contributed by atoms with Gasteiger partial charge in [-0.3, -0.25) is 4.79 Å². The highest BCUT2D eigenvalue weighted by molar-refractivity contribution is 6.36. The SMILES string of the molecule is COc1c(Cl)cc(Cl)cc1C(=O)Nc1ccc2oc(-c3ccccc3Cl)nc2c1. The number of carbonyl (C=O) groups is 1. The van der Waals surface area contributed by atoms with E-state index >= 15 is 0 Å². The molecule has 8 heteroatoms. The molecule has 4 rings (SSSR count). The van der Waals surface area contributed by atoms with Gasteiger partial charge in [0.25, 0.3) is 5.91 Å². The van der Waals surface area contributed by atoms with Crippen molar-refractivity contribution in [3.8, 4) is 17.2 Å². The van der Waals surface area contributed by atoms with Gasteiger partial charge in [0.2, 0.25) is 5.89 Å². The van der Waals surface area contributed by atoms with Gasteiger partial charge in [-0.25, -0.2) is 4.98 Å². The van der Waals surface area contributed by atoms with Crippen LogP contribution in [-0.2, 0) is 0 Å². The van der Waals surface area contributed by atoms with E-state index in [0.29, 0.717) is 38.3 Å². The van der Waals surface area contributed by atoms with Gasteiger partial charge in [0, 0.05) is 10.7 Å². The molecule has 0 saturated carbocycles. The van der Waals surface area contributed by atoms with E-state index in [1.165, 1.54) is 19.2 Å². The van der Waals surface area contributed by atoms with Gasteiger partial charge in [-0.15, -0.1) is 0 Å². The Morgan fingerprint density at radius 1 is 1.03 bits per heavy atom. The summed E-state index contributed by atoms with van der Waals surface area (Å²) in [6.45, 7) is 0. The van der Waals surface area contributed by atoms with Crippen molar-refractivity contribution in [2.75, 3.05) is 12.4 Å². The number of nitrogens with one attached hydrogen (secondary N) is 1. The molecule has 0 aliphatic carbocycles. The smallest absolute Gasteiger partial charge is 0.259 e. The molecular weight excluding hydrogens is 435 g/mol. The first-order valence-corrected chi connectivity index (χ1v) is 9.59. The van der Waals surface area contributed by atoms with Crippen molar-refractivity contribution < 1.29 is 13.9 Å². The van der Waals surface area contributed by atoms with Crippen LogP contribution in [0.3, 0.4) is 0 Å². The topological polar surface area (TPSA) is 64.4 Å². The van der Waals surface area contributed by atoms with Crippen LogP contribution in [0.1, 0.15) is 10.4 Å². The van der Waals surface area contributed by atoms with Gasteiger partial charge < -0.3 is 14.5 Å². The molecule has 0 unspecified atom stereocenters. The number of benzene rings is 3. The highest BCUT2D eigenvalue weighted by Crippen LogP contribution is 2.33. The molecule has 0 spiro atoms. The number of hydrogen-bond donors (Lipinski definition) is 1. The normalized spacial score (nSPS) is 10.9. The van der Waals surface area contributed by atoms with Crippen molar-refractivity contribution in [3.63, 3.8) is 0 Å². The zero-order valence-electron chi connectivity index (χ0n) is 15.0. The molecule has 0 fully saturated rings. The summed E-state index contributed by atoms with van der Waals surface area (Å²) in [4.78, 5) is 17.2. The molecule has 0 saturated heterocycles. The Morgan fingerprint density at radius 2 is 1.83 bits per heavy atom. The number of aromatic nitrogens is 1. The molecule has 0 aliphatic rings. The van der Waals surface area contributed by atoms with Crippen LogP contribution in [0, 0.1) is 0 Å². The molecule has 5 nitrogen and oxygen atoms in total. The number of halogens is 3. The summed E-state index contributed by atoms with van der Waals surface area (Å²) in [6.07, 6.45) is 0. The van der Waals surface area contributed by atoms with Crippen LogP contribution in [-0.4, -0.2) is 18.0 Å². The highest BCUT2D eigenvalue weighted by atomic mass is 35.5. The van der Waals surface area contributed by atoms with E-state index in [9.17, 15) is 4.79 Å². The third kappa shape index (κ3) is 3.90. The standard InChI is InChI=1S/C21H13Cl3N2O3/c1-28-19-14(8-11(22)9-16(19)24)20(27)25-12-6-7-18-17(10-12)26-21(29-18)13-4-2-3-5-15(13)23/h2-10H,1H3,(H,25,27). The molecule has 1 N–H and O–H groups in total. The summed E-state index contributed by atoms with van der Waals surface area (Å²) in [6, 6.07) is 15.4. The molecule has 29 heavy (non-hydrogen) atoms. The second-order valence-electron chi connectivity index (χ2n) is 6.10. The van der Waals surface area contributed by atoms with E-state index in [0.717, 1.165) is 0 Å². The number of hydrogen-bond acceptors (Lipinski definition) is 4. The number of amides is 1. The summed E-state index contributed by atoms with van der Waals surface area (Å²) in [5.41, 5.74) is 2.59. The Kier molecular flexibility index (Phi) is 5.37. The number of nitrogens with zero attached hydrogens (tertiary/aromatic N) is 1. The van der Waals surface area contributed by atoms with Crippen molar-refractivity contribution in [2.45, 2.75) is 0 Å². The average molecular weight is 448 g/mol. The Balaban J connectivity index is 1.66. The molecule has 1 heterocycles. The molecular formula is C21H13Cl3N2O3. The van der Waals surface area contributed by atoms with E-state index in [1.807, 2.05) is 18.2 Å². The number of carbonyl (C=O) groups excluding carboxylic acids is 1. The van der Waals surface area contributed by atoms with Gasteiger partial charge in [0.1, 0.15) is 11.3 Å². The minimum atomic E-state index is -0.416. The van der Waals surface area contributed by atoms with Crippen molar-refractivity contribution in [1.82, 2.24) is 4.98 Å². The van der Waals surface area contributed by atoms with E-state index in [2.05, 4.69) is 10.3 Å². The summed E-state index contributed by atoms with van der Waals surface area (Å²) >= 11 is 18.4. The number of methoxy groups -OCH3 is 1. The monoisotopic (exact) mass is 446 g/mol. The van der Waals surface area contributed by atoms with Gasteiger partial charge >= 0.3 is 0 Å². The second-order valence-corrected chi connectivity index (χ2v) is 7.35. The Hall–Kier alpha value is -2.73. The van der Waals surface area contributed by atoms with E-state index in [1.54, 1.807) is 24.3 Å². The lowest BCUT2D eigenvalue weighted by Crippen LogP contribution is -2.13. The van der Waals surface area contributed by atoms with Crippen molar-refractivity contribution in [3.05, 3.63) is 75.2 Å². The van der Waals surface area contributed by atoms with Crippen molar-refractivity contribution in [1.29, 1.82) is 0 Å². The Morgan fingerprint density at radius 3 is 2.59 bits per heavy atom. The molecule has 0 aliphatic heterocycles. The van der Waals surface area contributed by atoms with Crippen LogP contribution in [0.15, 0.2) is 59.0 Å². The summed E-state index contributed by atoms with van der Waals surface area (Å²) in [7, 11) is 1.43. The fourth-order valence-corrected chi connectivity index (χ4v) is 3.68. The van der Waals surface area contributed by atoms with E-state index in [4.69, 9.17) is 44.0 Å². The minimum absolute atomic E-state index is 0.224. The van der Waals surface area contributed by atoms with Crippen LogP contribution < -0.4 is 10.1 Å². The summed E-state index contributed by atoms with van der Waals surface area (Å²) in [5, 5.41) is 3.92. The van der Waals surface area contributed by atoms with E-state index < -0.39 is 5.91 Å². The first kappa shape index (κ1) is 19.6. The predicted molar refractivity (Wildman–Crippen MR) is 115 cm³/mol. The minimum Gasteiger partial charge on any atom is -0.494 e. The average Bonchev–Trinajstić information content (AvgIpc) is 3.10. The molecule has 0 atom stereocenters. The molecule has 0 bridgehead atoms. The largest absolute Gasteiger partial charge is 0.494 e.